The first-order valence-electron chi connectivity index (χ1n) is 6.53. The van der Waals surface area contributed by atoms with Crippen LogP contribution in [0.5, 0.6) is 5.75 Å². The average Bonchev–Trinajstić information content (AvgIpc) is 2.88. The molecule has 3 aromatic rings. The third-order valence-electron chi connectivity index (χ3n) is 3.26. The molecule has 0 aliphatic carbocycles. The Morgan fingerprint density at radius 1 is 1.29 bits per heavy atom. The lowest BCUT2D eigenvalue weighted by atomic mass is 10.2. The number of ether oxygens (including phenoxy) is 1. The van der Waals surface area contributed by atoms with Gasteiger partial charge in [0.1, 0.15) is 10.4 Å². The Morgan fingerprint density at radius 2 is 2.14 bits per heavy atom. The summed E-state index contributed by atoms with van der Waals surface area (Å²) < 4.78 is 8.18. The number of benzene rings is 1. The van der Waals surface area contributed by atoms with Crippen molar-refractivity contribution in [3.05, 3.63) is 52.7 Å². The summed E-state index contributed by atoms with van der Waals surface area (Å²) in [5, 5.41) is 3.38. The highest BCUT2D eigenvalue weighted by molar-refractivity contribution is 9.10. The Bertz CT molecular complexity index is 784. The van der Waals surface area contributed by atoms with Crippen LogP contribution in [0.2, 0.25) is 0 Å². The van der Waals surface area contributed by atoms with Crippen LogP contribution < -0.4 is 10.1 Å². The Morgan fingerprint density at radius 3 is 2.95 bits per heavy atom. The molecule has 0 spiro atoms. The summed E-state index contributed by atoms with van der Waals surface area (Å²) in [4.78, 5) is 8.51. The number of aryl methyl sites for hydroxylation is 1. The highest BCUT2D eigenvalue weighted by Crippen LogP contribution is 2.25. The number of nitrogens with one attached hydrogen (secondary N) is 1. The van der Waals surface area contributed by atoms with Gasteiger partial charge in [0, 0.05) is 6.20 Å². The Hall–Kier alpha value is -2.08. The van der Waals surface area contributed by atoms with Gasteiger partial charge in [0.2, 0.25) is 0 Å². The van der Waals surface area contributed by atoms with Crippen LogP contribution in [0.15, 0.2) is 41.4 Å². The maximum Gasteiger partial charge on any atom is 0.155 e. The molecule has 0 fully saturated rings. The van der Waals surface area contributed by atoms with Crippen LogP contribution >= 0.6 is 15.9 Å². The molecule has 0 saturated heterocycles. The number of aromatic nitrogens is 3. The van der Waals surface area contributed by atoms with Crippen molar-refractivity contribution in [1.29, 1.82) is 0 Å². The minimum absolute atomic E-state index is 0.650. The molecule has 2 aromatic heterocycles. The van der Waals surface area contributed by atoms with Crippen molar-refractivity contribution in [3.63, 3.8) is 0 Å². The molecule has 0 unspecified atom stereocenters. The van der Waals surface area contributed by atoms with E-state index in [0.29, 0.717) is 6.54 Å². The maximum absolute atomic E-state index is 5.40. The van der Waals surface area contributed by atoms with Crippen molar-refractivity contribution in [2.24, 2.45) is 0 Å². The molecule has 3 rings (SSSR count). The fraction of sp³-hybridized carbons (Fsp3) is 0.200. The summed E-state index contributed by atoms with van der Waals surface area (Å²) in [6.07, 6.45) is 5.49. The van der Waals surface area contributed by atoms with Gasteiger partial charge in [-0.25, -0.2) is 9.97 Å². The van der Waals surface area contributed by atoms with E-state index in [1.54, 1.807) is 13.3 Å². The van der Waals surface area contributed by atoms with Crippen LogP contribution in [-0.2, 0) is 6.54 Å². The largest absolute Gasteiger partial charge is 0.495 e. The molecule has 21 heavy (non-hydrogen) atoms. The van der Waals surface area contributed by atoms with Crippen molar-refractivity contribution >= 4 is 27.3 Å². The Kier molecular flexibility index (Phi) is 3.79. The number of methoxy groups -OCH3 is 1. The number of hydrogen-bond donors (Lipinski definition) is 1. The Labute approximate surface area is 131 Å². The molecule has 1 N–H and O–H groups in total. The molecular weight excluding hydrogens is 332 g/mol. The van der Waals surface area contributed by atoms with Gasteiger partial charge in [-0.05, 0) is 40.5 Å². The SMILES string of the molecule is COc1cc(C)ccc1NCc1cnc2cnc(Br)cn12. The predicted octanol–water partition coefficient (Wildman–Crippen LogP) is 3.42. The fourth-order valence-corrected chi connectivity index (χ4v) is 2.48. The molecular formula is C15H15BrN4O. The normalized spacial score (nSPS) is 10.8. The van der Waals surface area contributed by atoms with Crippen LogP contribution in [-0.4, -0.2) is 21.5 Å². The van der Waals surface area contributed by atoms with E-state index < -0.39 is 0 Å². The highest BCUT2D eigenvalue weighted by atomic mass is 79.9. The maximum atomic E-state index is 5.40. The van der Waals surface area contributed by atoms with Crippen molar-refractivity contribution in [2.45, 2.75) is 13.5 Å². The number of imidazole rings is 1. The number of anilines is 1. The second kappa shape index (κ2) is 5.73. The molecule has 0 saturated carbocycles. The third-order valence-corrected chi connectivity index (χ3v) is 3.67. The molecule has 108 valence electrons. The van der Waals surface area contributed by atoms with E-state index in [2.05, 4.69) is 37.3 Å². The van der Waals surface area contributed by atoms with Crippen molar-refractivity contribution in [1.82, 2.24) is 14.4 Å². The lowest BCUT2D eigenvalue weighted by Gasteiger charge is -2.11. The lowest BCUT2D eigenvalue weighted by molar-refractivity contribution is 0.416. The van der Waals surface area contributed by atoms with Crippen molar-refractivity contribution < 1.29 is 4.74 Å². The number of halogens is 1. The summed E-state index contributed by atoms with van der Waals surface area (Å²) in [6, 6.07) is 6.09. The van der Waals surface area contributed by atoms with E-state index in [4.69, 9.17) is 4.74 Å². The standard InChI is InChI=1S/C15H15BrN4O/c1-10-3-4-12(13(5-10)21-2)17-6-11-7-19-15-8-18-14(16)9-20(11)15/h3-5,7-9,17H,6H2,1-2H3. The van der Waals surface area contributed by atoms with Gasteiger partial charge >= 0.3 is 0 Å². The monoisotopic (exact) mass is 346 g/mol. The van der Waals surface area contributed by atoms with Crippen molar-refractivity contribution in [3.8, 4) is 5.75 Å². The van der Waals surface area contributed by atoms with Gasteiger partial charge in [0.15, 0.2) is 5.65 Å². The van der Waals surface area contributed by atoms with E-state index in [0.717, 1.165) is 27.4 Å². The molecule has 0 atom stereocenters. The predicted molar refractivity (Wildman–Crippen MR) is 85.7 cm³/mol. The Balaban J connectivity index is 1.85. The zero-order valence-corrected chi connectivity index (χ0v) is 13.4. The summed E-state index contributed by atoms with van der Waals surface area (Å²) >= 11 is 3.38. The molecule has 1 aromatic carbocycles. The number of fused-ring (bicyclic) bond motifs is 1. The van der Waals surface area contributed by atoms with Crippen molar-refractivity contribution in [2.75, 3.05) is 12.4 Å². The first-order valence-corrected chi connectivity index (χ1v) is 7.32. The molecule has 0 bridgehead atoms. The van der Waals surface area contributed by atoms with Crippen LogP contribution in [0.3, 0.4) is 0 Å². The fourth-order valence-electron chi connectivity index (χ4n) is 2.18. The number of hydrogen-bond acceptors (Lipinski definition) is 4. The molecule has 2 heterocycles. The van der Waals surface area contributed by atoms with Gasteiger partial charge in [-0.15, -0.1) is 0 Å². The average molecular weight is 347 g/mol. The second-order valence-corrected chi connectivity index (χ2v) is 5.56. The minimum atomic E-state index is 0.650. The first-order chi connectivity index (χ1) is 10.2. The van der Waals surface area contributed by atoms with Crippen LogP contribution in [0.1, 0.15) is 11.3 Å². The van der Waals surface area contributed by atoms with E-state index >= 15 is 0 Å². The summed E-state index contributed by atoms with van der Waals surface area (Å²) in [5.74, 6) is 0.840. The zero-order chi connectivity index (χ0) is 14.8. The van der Waals surface area contributed by atoms with Gasteiger partial charge in [0.05, 0.1) is 37.4 Å². The lowest BCUT2D eigenvalue weighted by Crippen LogP contribution is -2.04. The molecule has 0 amide bonds. The minimum Gasteiger partial charge on any atom is -0.495 e. The zero-order valence-electron chi connectivity index (χ0n) is 11.8. The van der Waals surface area contributed by atoms with Gasteiger partial charge in [0.25, 0.3) is 0 Å². The van der Waals surface area contributed by atoms with E-state index in [9.17, 15) is 0 Å². The summed E-state index contributed by atoms with van der Waals surface area (Å²) in [7, 11) is 1.68. The quantitative estimate of drug-likeness (QED) is 0.786. The van der Waals surface area contributed by atoms with Gasteiger partial charge in [-0.1, -0.05) is 6.07 Å². The highest BCUT2D eigenvalue weighted by Gasteiger charge is 2.07. The smallest absolute Gasteiger partial charge is 0.155 e. The van der Waals surface area contributed by atoms with Crippen LogP contribution in [0.4, 0.5) is 5.69 Å². The first kappa shape index (κ1) is 13.9. The summed E-state index contributed by atoms with van der Waals surface area (Å²) in [5.41, 5.74) is 4.01. The van der Waals surface area contributed by atoms with Gasteiger partial charge < -0.3 is 10.1 Å². The molecule has 0 aliphatic rings. The van der Waals surface area contributed by atoms with Crippen LogP contribution in [0.25, 0.3) is 5.65 Å². The molecule has 5 nitrogen and oxygen atoms in total. The van der Waals surface area contributed by atoms with E-state index in [-0.39, 0.29) is 0 Å². The third kappa shape index (κ3) is 2.85. The number of rotatable bonds is 4. The van der Waals surface area contributed by atoms with Crippen LogP contribution in [0, 0.1) is 6.92 Å². The molecule has 0 aliphatic heterocycles. The number of nitrogens with zero attached hydrogens (tertiary/aromatic N) is 3. The summed E-state index contributed by atoms with van der Waals surface area (Å²) in [6.45, 7) is 2.69. The van der Waals surface area contributed by atoms with Gasteiger partial charge in [-0.3, -0.25) is 4.40 Å². The topological polar surface area (TPSA) is 51.5 Å². The molecule has 6 heteroatoms. The van der Waals surface area contributed by atoms with E-state index in [1.807, 2.05) is 35.9 Å². The second-order valence-electron chi connectivity index (χ2n) is 4.75. The molecule has 0 radical (unpaired) electrons. The van der Waals surface area contributed by atoms with Gasteiger partial charge in [-0.2, -0.15) is 0 Å². The van der Waals surface area contributed by atoms with E-state index in [1.165, 1.54) is 5.56 Å².